The summed E-state index contributed by atoms with van der Waals surface area (Å²) in [5.74, 6) is 0.485. The van der Waals surface area contributed by atoms with Gasteiger partial charge in [-0.1, -0.05) is 30.4 Å². The van der Waals surface area contributed by atoms with Crippen molar-refractivity contribution in [3.8, 4) is 17.2 Å². The molecule has 94 valence electrons. The van der Waals surface area contributed by atoms with Crippen molar-refractivity contribution in [1.29, 1.82) is 0 Å². The first-order chi connectivity index (χ1) is 8.61. The molecule has 0 saturated carbocycles. The summed E-state index contributed by atoms with van der Waals surface area (Å²) in [6.07, 6.45) is 3.65. The van der Waals surface area contributed by atoms with Crippen LogP contribution in [-0.4, -0.2) is 15.3 Å². The third kappa shape index (κ3) is 5.07. The summed E-state index contributed by atoms with van der Waals surface area (Å²) in [7, 11) is 0. The van der Waals surface area contributed by atoms with Crippen LogP contribution in [0, 0.1) is 0 Å². The lowest BCUT2D eigenvalue weighted by molar-refractivity contribution is 0.450. The molecular weight excluding hydrogens is 228 g/mol. The first kappa shape index (κ1) is 13.6. The Kier molecular flexibility index (Phi) is 5.32. The molecule has 3 heteroatoms. The van der Waals surface area contributed by atoms with E-state index < -0.39 is 0 Å². The SMILES string of the molecule is C/C=C/c1cc(O)cc(O)c1.Oc1ccccc1. The largest absolute Gasteiger partial charge is 0.508 e. The van der Waals surface area contributed by atoms with Gasteiger partial charge in [0.15, 0.2) is 0 Å². The Balaban J connectivity index is 0.000000199. The van der Waals surface area contributed by atoms with Crippen LogP contribution in [0.4, 0.5) is 0 Å². The van der Waals surface area contributed by atoms with Gasteiger partial charge in [0.25, 0.3) is 0 Å². The number of para-hydroxylation sites is 1. The van der Waals surface area contributed by atoms with Crippen molar-refractivity contribution in [2.24, 2.45) is 0 Å². The zero-order valence-electron chi connectivity index (χ0n) is 10.1. The Morgan fingerprint density at radius 2 is 1.33 bits per heavy atom. The molecule has 0 bridgehead atoms. The molecule has 0 radical (unpaired) electrons. The molecule has 0 amide bonds. The maximum absolute atomic E-state index is 9.03. The fraction of sp³-hybridized carbons (Fsp3) is 0.0667. The third-order valence-corrected chi connectivity index (χ3v) is 2.04. The highest BCUT2D eigenvalue weighted by atomic mass is 16.3. The number of phenols is 3. The minimum atomic E-state index is 0.0816. The van der Waals surface area contributed by atoms with Gasteiger partial charge in [-0.25, -0.2) is 0 Å². The van der Waals surface area contributed by atoms with Crippen LogP contribution in [0.2, 0.25) is 0 Å². The number of hydrogen-bond acceptors (Lipinski definition) is 3. The maximum atomic E-state index is 9.03. The average Bonchev–Trinajstić information content (AvgIpc) is 2.30. The van der Waals surface area contributed by atoms with E-state index in [0.717, 1.165) is 5.56 Å². The van der Waals surface area contributed by atoms with Crippen LogP contribution in [0.3, 0.4) is 0 Å². The highest BCUT2D eigenvalue weighted by molar-refractivity contribution is 5.54. The second-order valence-corrected chi connectivity index (χ2v) is 3.62. The standard InChI is InChI=1S/C9H10O2.C6H6O/c1-2-3-7-4-8(10)6-9(11)5-7;7-6-4-2-1-3-5-6/h2-6,10-11H,1H3;1-5,7H/b3-2+;. The Bertz CT molecular complexity index is 484. The number of hydrogen-bond donors (Lipinski definition) is 3. The van der Waals surface area contributed by atoms with Crippen LogP contribution < -0.4 is 0 Å². The van der Waals surface area contributed by atoms with Crippen LogP contribution in [-0.2, 0) is 0 Å². The van der Waals surface area contributed by atoms with Gasteiger partial charge in [-0.05, 0) is 36.8 Å². The summed E-state index contributed by atoms with van der Waals surface area (Å²) < 4.78 is 0. The first-order valence-corrected chi connectivity index (χ1v) is 5.51. The lowest BCUT2D eigenvalue weighted by atomic mass is 10.2. The fourth-order valence-corrected chi connectivity index (χ4v) is 1.33. The summed E-state index contributed by atoms with van der Waals surface area (Å²) >= 11 is 0. The Morgan fingerprint density at radius 3 is 1.72 bits per heavy atom. The summed E-state index contributed by atoms with van der Waals surface area (Å²) in [6.45, 7) is 1.88. The molecule has 0 saturated heterocycles. The van der Waals surface area contributed by atoms with Crippen molar-refractivity contribution in [3.05, 3.63) is 60.2 Å². The molecule has 0 unspecified atom stereocenters. The number of aromatic hydroxyl groups is 3. The zero-order chi connectivity index (χ0) is 13.4. The first-order valence-electron chi connectivity index (χ1n) is 5.51. The topological polar surface area (TPSA) is 60.7 Å². The molecule has 0 aliphatic rings. The summed E-state index contributed by atoms with van der Waals surface area (Å²) in [4.78, 5) is 0. The van der Waals surface area contributed by atoms with E-state index in [-0.39, 0.29) is 11.5 Å². The van der Waals surface area contributed by atoms with E-state index in [4.69, 9.17) is 15.3 Å². The van der Waals surface area contributed by atoms with E-state index in [1.807, 2.05) is 19.1 Å². The summed E-state index contributed by atoms with van der Waals surface area (Å²) in [6, 6.07) is 13.2. The molecule has 0 heterocycles. The van der Waals surface area contributed by atoms with Crippen molar-refractivity contribution in [3.63, 3.8) is 0 Å². The molecule has 0 fully saturated rings. The van der Waals surface area contributed by atoms with E-state index in [1.54, 1.807) is 42.5 Å². The quantitative estimate of drug-likeness (QED) is 0.719. The predicted molar refractivity (Wildman–Crippen MR) is 72.6 cm³/mol. The molecular formula is C15H16O3. The van der Waals surface area contributed by atoms with E-state index in [1.165, 1.54) is 6.07 Å². The van der Waals surface area contributed by atoms with Gasteiger partial charge < -0.3 is 15.3 Å². The summed E-state index contributed by atoms with van der Waals surface area (Å²) in [5, 5.41) is 26.7. The van der Waals surface area contributed by atoms with Gasteiger partial charge in [0.05, 0.1) is 0 Å². The van der Waals surface area contributed by atoms with Crippen LogP contribution in [0.1, 0.15) is 12.5 Å². The lowest BCUT2D eigenvalue weighted by Gasteiger charge is -1.96. The van der Waals surface area contributed by atoms with Crippen molar-refractivity contribution in [2.75, 3.05) is 0 Å². The maximum Gasteiger partial charge on any atom is 0.119 e. The van der Waals surface area contributed by atoms with Gasteiger partial charge in [0.2, 0.25) is 0 Å². The van der Waals surface area contributed by atoms with Crippen LogP contribution in [0.5, 0.6) is 17.2 Å². The number of rotatable bonds is 1. The van der Waals surface area contributed by atoms with Crippen LogP contribution in [0.25, 0.3) is 6.08 Å². The molecule has 2 aromatic rings. The van der Waals surface area contributed by atoms with Gasteiger partial charge in [0, 0.05) is 6.07 Å². The molecule has 0 spiro atoms. The van der Waals surface area contributed by atoms with E-state index in [2.05, 4.69) is 0 Å². The number of benzene rings is 2. The normalized spacial score (nSPS) is 9.83. The molecule has 0 aromatic heterocycles. The second kappa shape index (κ2) is 7.01. The summed E-state index contributed by atoms with van der Waals surface area (Å²) in [5.41, 5.74) is 0.796. The Labute approximate surface area is 106 Å². The molecule has 0 aliphatic heterocycles. The van der Waals surface area contributed by atoms with Gasteiger partial charge in [0.1, 0.15) is 17.2 Å². The van der Waals surface area contributed by atoms with Crippen molar-refractivity contribution in [1.82, 2.24) is 0 Å². The van der Waals surface area contributed by atoms with E-state index >= 15 is 0 Å². The number of phenolic OH excluding ortho intramolecular Hbond substituents is 3. The smallest absolute Gasteiger partial charge is 0.119 e. The van der Waals surface area contributed by atoms with Gasteiger partial charge >= 0.3 is 0 Å². The van der Waals surface area contributed by atoms with Gasteiger partial charge in [-0.3, -0.25) is 0 Å². The van der Waals surface area contributed by atoms with E-state index in [9.17, 15) is 0 Å². The molecule has 2 rings (SSSR count). The average molecular weight is 244 g/mol. The Hall–Kier alpha value is -2.42. The third-order valence-electron chi connectivity index (χ3n) is 2.04. The van der Waals surface area contributed by atoms with Crippen LogP contribution in [0.15, 0.2) is 54.6 Å². The molecule has 3 nitrogen and oxygen atoms in total. The second-order valence-electron chi connectivity index (χ2n) is 3.62. The molecule has 18 heavy (non-hydrogen) atoms. The van der Waals surface area contributed by atoms with Crippen LogP contribution >= 0.6 is 0 Å². The molecule has 0 aliphatic carbocycles. The monoisotopic (exact) mass is 244 g/mol. The minimum Gasteiger partial charge on any atom is -0.508 e. The van der Waals surface area contributed by atoms with E-state index in [0.29, 0.717) is 5.75 Å². The van der Waals surface area contributed by atoms with Crippen molar-refractivity contribution in [2.45, 2.75) is 6.92 Å². The highest BCUT2D eigenvalue weighted by Crippen LogP contribution is 2.20. The van der Waals surface area contributed by atoms with Gasteiger partial charge in [-0.2, -0.15) is 0 Å². The van der Waals surface area contributed by atoms with Gasteiger partial charge in [-0.15, -0.1) is 0 Å². The molecule has 0 atom stereocenters. The van der Waals surface area contributed by atoms with Crippen molar-refractivity contribution >= 4 is 6.08 Å². The zero-order valence-corrected chi connectivity index (χ0v) is 10.1. The van der Waals surface area contributed by atoms with Crippen molar-refractivity contribution < 1.29 is 15.3 Å². The predicted octanol–water partition coefficient (Wildman–Crippen LogP) is 3.52. The lowest BCUT2D eigenvalue weighted by Crippen LogP contribution is -1.71. The molecule has 3 N–H and O–H groups in total. The minimum absolute atomic E-state index is 0.0816. The fourth-order valence-electron chi connectivity index (χ4n) is 1.33. The molecule has 2 aromatic carbocycles. The highest BCUT2D eigenvalue weighted by Gasteiger charge is 1.94. The Morgan fingerprint density at radius 1 is 0.778 bits per heavy atom. The number of allylic oxidation sites excluding steroid dienone is 1.